The van der Waals surface area contributed by atoms with Crippen LogP contribution in [0.1, 0.15) is 5.56 Å². The topological polar surface area (TPSA) is 43.6 Å². The molecule has 53 heavy (non-hydrogen) atoms. The van der Waals surface area contributed by atoms with Crippen LogP contribution in [0.25, 0.3) is 83.9 Å². The van der Waals surface area contributed by atoms with Gasteiger partial charge in [-0.3, -0.25) is 0 Å². The number of nitrogens with zero attached hydrogens (tertiary/aromatic N) is 4. The SMILES string of the molecule is FC(F)(F)c1ccc(-c2ccc(-n3c4ccccc4c4cc(-c5ccccc5)ccc43)cc2-c2nc(-c3ccccc3)nc(-c3ccccc3)n2)cc1. The lowest BCUT2D eigenvalue weighted by atomic mass is 9.97. The molecule has 2 heterocycles. The first-order valence-electron chi connectivity index (χ1n) is 17.2. The first kappa shape index (κ1) is 32.1. The molecule has 0 saturated heterocycles. The summed E-state index contributed by atoms with van der Waals surface area (Å²) in [5.74, 6) is 1.38. The first-order chi connectivity index (χ1) is 25.9. The minimum absolute atomic E-state index is 0.404. The molecule has 0 bridgehead atoms. The highest BCUT2D eigenvalue weighted by molar-refractivity contribution is 6.10. The molecule has 9 rings (SSSR count). The Kier molecular flexibility index (Phi) is 7.89. The molecule has 0 N–H and O–H groups in total. The van der Waals surface area contributed by atoms with Crippen LogP contribution < -0.4 is 0 Å². The molecule has 0 aliphatic heterocycles. The summed E-state index contributed by atoms with van der Waals surface area (Å²) in [6.07, 6.45) is -4.45. The first-order valence-corrected chi connectivity index (χ1v) is 17.2. The monoisotopic (exact) mass is 694 g/mol. The normalized spacial score (nSPS) is 11.7. The van der Waals surface area contributed by atoms with Gasteiger partial charge in [-0.05, 0) is 64.7 Å². The summed E-state index contributed by atoms with van der Waals surface area (Å²) in [4.78, 5) is 14.9. The van der Waals surface area contributed by atoms with E-state index in [0.717, 1.165) is 61.9 Å². The second-order valence-electron chi connectivity index (χ2n) is 12.8. The van der Waals surface area contributed by atoms with Crippen LogP contribution in [0.15, 0.2) is 176 Å². The van der Waals surface area contributed by atoms with Crippen molar-refractivity contribution in [2.75, 3.05) is 0 Å². The molecule has 9 aromatic rings. The molecule has 0 amide bonds. The van der Waals surface area contributed by atoms with Gasteiger partial charge in [0.05, 0.1) is 16.6 Å². The summed E-state index contributed by atoms with van der Waals surface area (Å²) in [6, 6.07) is 55.7. The molecule has 7 heteroatoms. The van der Waals surface area contributed by atoms with Crippen molar-refractivity contribution in [3.63, 3.8) is 0 Å². The zero-order chi connectivity index (χ0) is 35.9. The molecule has 0 fully saturated rings. The fourth-order valence-corrected chi connectivity index (χ4v) is 6.94. The van der Waals surface area contributed by atoms with Gasteiger partial charge in [0, 0.05) is 33.2 Å². The summed E-state index contributed by atoms with van der Waals surface area (Å²) < 4.78 is 43.1. The lowest BCUT2D eigenvalue weighted by Crippen LogP contribution is -2.04. The van der Waals surface area contributed by atoms with E-state index in [4.69, 9.17) is 15.0 Å². The van der Waals surface area contributed by atoms with Crippen molar-refractivity contribution in [3.8, 4) is 62.1 Å². The average molecular weight is 695 g/mol. The van der Waals surface area contributed by atoms with E-state index in [1.54, 1.807) is 0 Å². The molecule has 0 spiro atoms. The molecule has 0 saturated carbocycles. The molecule has 7 aromatic carbocycles. The highest BCUT2D eigenvalue weighted by atomic mass is 19.4. The number of aromatic nitrogens is 4. The summed E-state index contributed by atoms with van der Waals surface area (Å²) in [6.45, 7) is 0. The standard InChI is InChI=1S/C46H29F3N4/c47-46(48,49)35-23-20-31(21-24-35)37-26-25-36(53-41-19-11-10-18-38(41)39-28-34(22-27-42(39)53)30-12-4-1-5-13-30)29-40(37)45-51-43(32-14-6-2-7-15-32)50-44(52-45)33-16-8-3-9-17-33/h1-29H. The predicted octanol–water partition coefficient (Wildman–Crippen LogP) is 12.3. The second-order valence-corrected chi connectivity index (χ2v) is 12.8. The third-order valence-corrected chi connectivity index (χ3v) is 9.50. The van der Waals surface area contributed by atoms with Crippen LogP contribution in [0.4, 0.5) is 13.2 Å². The molecule has 0 radical (unpaired) electrons. The van der Waals surface area contributed by atoms with Crippen molar-refractivity contribution in [2.24, 2.45) is 0 Å². The van der Waals surface area contributed by atoms with E-state index in [-0.39, 0.29) is 0 Å². The van der Waals surface area contributed by atoms with Gasteiger partial charge in [0.15, 0.2) is 17.5 Å². The van der Waals surface area contributed by atoms with Crippen LogP contribution in [0.2, 0.25) is 0 Å². The number of halogens is 3. The van der Waals surface area contributed by atoms with Crippen LogP contribution in [0, 0.1) is 0 Å². The Morgan fingerprint density at radius 1 is 0.377 bits per heavy atom. The Morgan fingerprint density at radius 2 is 0.906 bits per heavy atom. The molecule has 0 aliphatic carbocycles. The van der Waals surface area contributed by atoms with Gasteiger partial charge in [-0.1, -0.05) is 133 Å². The Bertz CT molecular complexity index is 2680. The van der Waals surface area contributed by atoms with Crippen molar-refractivity contribution in [3.05, 3.63) is 181 Å². The minimum Gasteiger partial charge on any atom is -0.309 e. The molecule has 0 aliphatic rings. The number of hydrogen-bond donors (Lipinski definition) is 0. The predicted molar refractivity (Wildman–Crippen MR) is 206 cm³/mol. The number of rotatable bonds is 6. The smallest absolute Gasteiger partial charge is 0.309 e. The minimum atomic E-state index is -4.45. The van der Waals surface area contributed by atoms with E-state index in [2.05, 4.69) is 47.0 Å². The number of hydrogen-bond acceptors (Lipinski definition) is 3. The molecule has 2 aromatic heterocycles. The van der Waals surface area contributed by atoms with Gasteiger partial charge in [0.1, 0.15) is 0 Å². The van der Waals surface area contributed by atoms with Crippen molar-refractivity contribution < 1.29 is 13.2 Å². The van der Waals surface area contributed by atoms with Crippen molar-refractivity contribution in [1.29, 1.82) is 0 Å². The maximum absolute atomic E-state index is 13.6. The molecular formula is C46H29F3N4. The van der Waals surface area contributed by atoms with Gasteiger partial charge in [0.25, 0.3) is 0 Å². The number of para-hydroxylation sites is 1. The van der Waals surface area contributed by atoms with E-state index < -0.39 is 11.7 Å². The van der Waals surface area contributed by atoms with Crippen LogP contribution in [0.5, 0.6) is 0 Å². The Labute approximate surface area is 303 Å². The number of fused-ring (bicyclic) bond motifs is 3. The lowest BCUT2D eigenvalue weighted by molar-refractivity contribution is -0.137. The van der Waals surface area contributed by atoms with Crippen LogP contribution >= 0.6 is 0 Å². The molecule has 4 nitrogen and oxygen atoms in total. The highest BCUT2D eigenvalue weighted by Gasteiger charge is 2.30. The van der Waals surface area contributed by atoms with Crippen molar-refractivity contribution >= 4 is 21.8 Å². The quantitative estimate of drug-likeness (QED) is 0.174. The molecular weight excluding hydrogens is 666 g/mol. The summed E-state index contributed by atoms with van der Waals surface area (Å²) in [5, 5.41) is 2.21. The third-order valence-electron chi connectivity index (χ3n) is 9.50. The van der Waals surface area contributed by atoms with Crippen LogP contribution in [-0.2, 0) is 6.18 Å². The van der Waals surface area contributed by atoms with Gasteiger partial charge in [-0.15, -0.1) is 0 Å². The Balaban J connectivity index is 1.30. The fraction of sp³-hybridized carbons (Fsp3) is 0.0217. The van der Waals surface area contributed by atoms with Crippen molar-refractivity contribution in [2.45, 2.75) is 6.18 Å². The van der Waals surface area contributed by atoms with Gasteiger partial charge < -0.3 is 4.57 Å². The van der Waals surface area contributed by atoms with Gasteiger partial charge >= 0.3 is 6.18 Å². The zero-order valence-corrected chi connectivity index (χ0v) is 28.2. The molecule has 254 valence electrons. The zero-order valence-electron chi connectivity index (χ0n) is 28.2. The fourth-order valence-electron chi connectivity index (χ4n) is 6.94. The van der Waals surface area contributed by atoms with Gasteiger partial charge in [0.2, 0.25) is 0 Å². The van der Waals surface area contributed by atoms with E-state index in [1.807, 2.05) is 109 Å². The summed E-state index contributed by atoms with van der Waals surface area (Å²) >= 11 is 0. The summed E-state index contributed by atoms with van der Waals surface area (Å²) in [7, 11) is 0. The van der Waals surface area contributed by atoms with Crippen LogP contribution in [-0.4, -0.2) is 19.5 Å². The Hall–Kier alpha value is -6.86. The maximum atomic E-state index is 13.6. The largest absolute Gasteiger partial charge is 0.416 e. The van der Waals surface area contributed by atoms with Gasteiger partial charge in [-0.25, -0.2) is 15.0 Å². The van der Waals surface area contributed by atoms with Gasteiger partial charge in [-0.2, -0.15) is 13.2 Å². The van der Waals surface area contributed by atoms with E-state index in [0.29, 0.717) is 34.2 Å². The van der Waals surface area contributed by atoms with Crippen molar-refractivity contribution in [1.82, 2.24) is 19.5 Å². The number of benzene rings is 7. The maximum Gasteiger partial charge on any atom is 0.416 e. The molecule has 0 unspecified atom stereocenters. The Morgan fingerprint density at radius 3 is 1.53 bits per heavy atom. The summed E-state index contributed by atoms with van der Waals surface area (Å²) in [5.41, 5.74) is 8.03. The average Bonchev–Trinajstić information content (AvgIpc) is 3.55. The highest BCUT2D eigenvalue weighted by Crippen LogP contribution is 2.39. The van der Waals surface area contributed by atoms with Crippen LogP contribution in [0.3, 0.4) is 0 Å². The van der Waals surface area contributed by atoms with E-state index in [1.165, 1.54) is 12.1 Å². The second kappa shape index (κ2) is 13.0. The molecule has 0 atom stereocenters. The van der Waals surface area contributed by atoms with E-state index >= 15 is 0 Å². The lowest BCUT2D eigenvalue weighted by Gasteiger charge is -2.16. The third kappa shape index (κ3) is 6.02. The number of alkyl halides is 3. The van der Waals surface area contributed by atoms with E-state index in [9.17, 15) is 13.2 Å².